The Hall–Kier alpha value is -1.98. The molecule has 0 spiro atoms. The number of carbonyl (C=O) groups excluding carboxylic acids is 1. The Bertz CT molecular complexity index is 587. The molecule has 0 aliphatic rings. The van der Waals surface area contributed by atoms with Gasteiger partial charge in [0.15, 0.2) is 5.82 Å². The average molecular weight is 292 g/mol. The van der Waals surface area contributed by atoms with Crippen molar-refractivity contribution in [2.24, 2.45) is 0 Å². The fraction of sp³-hybridized carbons (Fsp3) is 0.214. The second-order valence-corrected chi connectivity index (χ2v) is 4.53. The van der Waals surface area contributed by atoms with E-state index in [1.54, 1.807) is 31.6 Å². The van der Waals surface area contributed by atoms with Gasteiger partial charge in [-0.15, -0.1) is 0 Å². The van der Waals surface area contributed by atoms with Crippen molar-refractivity contribution in [3.63, 3.8) is 0 Å². The molecule has 6 heteroatoms. The van der Waals surface area contributed by atoms with Crippen LogP contribution in [-0.2, 0) is 9.53 Å². The topological polar surface area (TPSA) is 64.1 Å². The van der Waals surface area contributed by atoms with Crippen molar-refractivity contribution in [3.8, 4) is 11.4 Å². The maximum Gasteiger partial charge on any atom is 0.226 e. The Morgan fingerprint density at radius 3 is 2.75 bits per heavy atom. The third-order valence-corrected chi connectivity index (χ3v) is 2.79. The summed E-state index contributed by atoms with van der Waals surface area (Å²) in [6.45, 7) is 0.382. The van der Waals surface area contributed by atoms with Gasteiger partial charge in [0.1, 0.15) is 0 Å². The fourth-order valence-electron chi connectivity index (χ4n) is 1.59. The van der Waals surface area contributed by atoms with Crippen LogP contribution in [0.25, 0.3) is 11.4 Å². The number of carbonyl (C=O) groups is 1. The van der Waals surface area contributed by atoms with Gasteiger partial charge in [-0.25, -0.2) is 9.97 Å². The van der Waals surface area contributed by atoms with Crippen molar-refractivity contribution in [1.29, 1.82) is 0 Å². The lowest BCUT2D eigenvalue weighted by Crippen LogP contribution is -2.14. The minimum Gasteiger partial charge on any atom is -0.384 e. The maximum atomic E-state index is 11.5. The van der Waals surface area contributed by atoms with Gasteiger partial charge in [-0.1, -0.05) is 23.7 Å². The number of rotatable bonds is 5. The second kappa shape index (κ2) is 6.98. The number of nitrogens with one attached hydrogen (secondary N) is 1. The number of hydrogen-bond acceptors (Lipinski definition) is 4. The van der Waals surface area contributed by atoms with E-state index in [2.05, 4.69) is 15.3 Å². The summed E-state index contributed by atoms with van der Waals surface area (Å²) < 4.78 is 4.83. The van der Waals surface area contributed by atoms with Crippen molar-refractivity contribution >= 4 is 23.2 Å². The molecular weight excluding hydrogens is 278 g/mol. The highest BCUT2D eigenvalue weighted by Gasteiger charge is 2.05. The maximum absolute atomic E-state index is 11.5. The molecule has 1 amide bonds. The molecule has 0 fully saturated rings. The fourth-order valence-corrected chi connectivity index (χ4v) is 1.78. The number of halogens is 1. The molecule has 0 bridgehead atoms. The van der Waals surface area contributed by atoms with Gasteiger partial charge in [-0.2, -0.15) is 0 Å². The molecule has 0 unspecified atom stereocenters. The first-order chi connectivity index (χ1) is 9.69. The van der Waals surface area contributed by atoms with Gasteiger partial charge in [0.25, 0.3) is 0 Å². The van der Waals surface area contributed by atoms with E-state index in [0.29, 0.717) is 29.6 Å². The third-order valence-electron chi connectivity index (χ3n) is 2.55. The van der Waals surface area contributed by atoms with Crippen LogP contribution in [0.3, 0.4) is 0 Å². The molecule has 1 aromatic carbocycles. The summed E-state index contributed by atoms with van der Waals surface area (Å²) in [5, 5.41) is 3.32. The van der Waals surface area contributed by atoms with Crippen LogP contribution in [0.5, 0.6) is 0 Å². The molecule has 1 N–H and O–H groups in total. The van der Waals surface area contributed by atoms with Gasteiger partial charge in [0, 0.05) is 17.7 Å². The molecule has 2 aromatic rings. The molecule has 0 saturated heterocycles. The van der Waals surface area contributed by atoms with Gasteiger partial charge in [-0.3, -0.25) is 4.79 Å². The highest BCUT2D eigenvalue weighted by molar-refractivity contribution is 6.30. The summed E-state index contributed by atoms with van der Waals surface area (Å²) in [5.74, 6) is 0.424. The normalized spacial score (nSPS) is 10.3. The lowest BCUT2D eigenvalue weighted by molar-refractivity contribution is -0.117. The van der Waals surface area contributed by atoms with Crippen molar-refractivity contribution < 1.29 is 9.53 Å². The summed E-state index contributed by atoms with van der Waals surface area (Å²) in [6, 6.07) is 7.28. The minimum atomic E-state index is -0.133. The van der Waals surface area contributed by atoms with E-state index in [-0.39, 0.29) is 5.91 Å². The van der Waals surface area contributed by atoms with E-state index in [0.717, 1.165) is 5.56 Å². The van der Waals surface area contributed by atoms with Gasteiger partial charge >= 0.3 is 0 Å². The van der Waals surface area contributed by atoms with E-state index >= 15 is 0 Å². The number of anilines is 1. The molecule has 1 heterocycles. The largest absolute Gasteiger partial charge is 0.384 e. The summed E-state index contributed by atoms with van der Waals surface area (Å²) >= 11 is 5.92. The van der Waals surface area contributed by atoms with Crippen LogP contribution in [0.1, 0.15) is 6.42 Å². The molecular formula is C14H14ClN3O2. The number of ether oxygens (including phenoxy) is 1. The first kappa shape index (κ1) is 14.4. The Kier molecular flexibility index (Phi) is 5.03. The van der Waals surface area contributed by atoms with Crippen molar-refractivity contribution in [2.45, 2.75) is 6.42 Å². The average Bonchev–Trinajstić information content (AvgIpc) is 2.46. The number of nitrogens with zero attached hydrogens (tertiary/aromatic N) is 2. The summed E-state index contributed by atoms with van der Waals surface area (Å²) in [4.78, 5) is 19.9. The van der Waals surface area contributed by atoms with Gasteiger partial charge in [-0.05, 0) is 12.1 Å². The highest BCUT2D eigenvalue weighted by Crippen LogP contribution is 2.19. The predicted molar refractivity (Wildman–Crippen MR) is 77.6 cm³/mol. The van der Waals surface area contributed by atoms with Gasteiger partial charge in [0.05, 0.1) is 31.1 Å². The zero-order valence-corrected chi connectivity index (χ0v) is 11.7. The van der Waals surface area contributed by atoms with Crippen molar-refractivity contribution in [2.75, 3.05) is 19.0 Å². The first-order valence-corrected chi connectivity index (χ1v) is 6.43. The molecule has 1 aromatic heterocycles. The third kappa shape index (κ3) is 4.01. The molecule has 0 atom stereocenters. The first-order valence-electron chi connectivity index (χ1n) is 6.06. The number of amides is 1. The Morgan fingerprint density at radius 2 is 2.10 bits per heavy atom. The Morgan fingerprint density at radius 1 is 1.35 bits per heavy atom. The standard InChI is InChI=1S/C14H14ClN3O2/c1-20-6-5-13(19)18-12-8-16-14(17-9-12)10-3-2-4-11(15)7-10/h2-4,7-9H,5-6H2,1H3,(H,18,19). The molecule has 5 nitrogen and oxygen atoms in total. The lowest BCUT2D eigenvalue weighted by Gasteiger charge is -2.05. The quantitative estimate of drug-likeness (QED) is 0.920. The van der Waals surface area contributed by atoms with Crippen molar-refractivity contribution in [1.82, 2.24) is 9.97 Å². The molecule has 2 rings (SSSR count). The SMILES string of the molecule is COCCC(=O)Nc1cnc(-c2cccc(Cl)c2)nc1. The van der Waals surface area contributed by atoms with Crippen molar-refractivity contribution in [3.05, 3.63) is 41.7 Å². The molecule has 104 valence electrons. The smallest absolute Gasteiger partial charge is 0.226 e. The van der Waals surface area contributed by atoms with Crippen LogP contribution in [0.2, 0.25) is 5.02 Å². The number of benzene rings is 1. The summed E-state index contributed by atoms with van der Waals surface area (Å²) in [6.07, 6.45) is 3.43. The summed E-state index contributed by atoms with van der Waals surface area (Å²) in [5.41, 5.74) is 1.38. The Labute approximate surface area is 122 Å². The van der Waals surface area contributed by atoms with Crippen LogP contribution in [-0.4, -0.2) is 29.6 Å². The molecule has 0 saturated carbocycles. The number of methoxy groups -OCH3 is 1. The number of hydrogen-bond donors (Lipinski definition) is 1. The van der Waals surface area contributed by atoms with Crippen LogP contribution in [0, 0.1) is 0 Å². The predicted octanol–water partition coefficient (Wildman–Crippen LogP) is 2.77. The molecule has 20 heavy (non-hydrogen) atoms. The molecule has 0 aliphatic carbocycles. The van der Waals surface area contributed by atoms with Gasteiger partial charge in [0.2, 0.25) is 5.91 Å². The molecule has 0 aliphatic heterocycles. The molecule has 0 radical (unpaired) electrons. The van der Waals surface area contributed by atoms with Crippen LogP contribution in [0.4, 0.5) is 5.69 Å². The summed E-state index contributed by atoms with van der Waals surface area (Å²) in [7, 11) is 1.55. The number of aromatic nitrogens is 2. The van der Waals surface area contributed by atoms with Crippen LogP contribution >= 0.6 is 11.6 Å². The Balaban J connectivity index is 2.05. The zero-order chi connectivity index (χ0) is 14.4. The van der Waals surface area contributed by atoms with E-state index in [1.165, 1.54) is 0 Å². The zero-order valence-electron chi connectivity index (χ0n) is 11.0. The van der Waals surface area contributed by atoms with Gasteiger partial charge < -0.3 is 10.1 Å². The van der Waals surface area contributed by atoms with E-state index in [4.69, 9.17) is 16.3 Å². The lowest BCUT2D eigenvalue weighted by atomic mass is 10.2. The van der Waals surface area contributed by atoms with E-state index in [1.807, 2.05) is 12.1 Å². The monoisotopic (exact) mass is 291 g/mol. The van der Waals surface area contributed by atoms with E-state index in [9.17, 15) is 4.79 Å². The highest BCUT2D eigenvalue weighted by atomic mass is 35.5. The minimum absolute atomic E-state index is 0.133. The van der Waals surface area contributed by atoms with Crippen LogP contribution < -0.4 is 5.32 Å². The van der Waals surface area contributed by atoms with Crippen LogP contribution in [0.15, 0.2) is 36.7 Å². The second-order valence-electron chi connectivity index (χ2n) is 4.10. The van der Waals surface area contributed by atoms with E-state index < -0.39 is 0 Å².